The number of benzene rings is 1. The molecule has 1 aliphatic rings. The quantitative estimate of drug-likeness (QED) is 0.832. The molecule has 1 aromatic carbocycles. The number of hydrogen-bond acceptors (Lipinski definition) is 1. The maximum Gasteiger partial charge on any atom is 0.171 e. The van der Waals surface area contributed by atoms with Gasteiger partial charge in [-0.15, -0.1) is 0 Å². The van der Waals surface area contributed by atoms with Crippen molar-refractivity contribution in [3.05, 3.63) is 65.7 Å². The van der Waals surface area contributed by atoms with Crippen molar-refractivity contribution in [3.63, 3.8) is 0 Å². The topological polar surface area (TPSA) is 24.1 Å². The van der Waals surface area contributed by atoms with Gasteiger partial charge in [-0.05, 0) is 48.8 Å². The Hall–Kier alpha value is -1.75. The van der Waals surface area contributed by atoms with Crippen LogP contribution in [0.15, 0.2) is 42.1 Å². The molecule has 0 amide bonds. The molecular weight excluding hydrogens is 266 g/mol. The fourth-order valence-electron chi connectivity index (χ4n) is 1.68. The summed E-state index contributed by atoms with van der Waals surface area (Å²) in [4.78, 5) is 0. The lowest BCUT2D eigenvalue weighted by molar-refractivity contribution is 0.579. The standard InChI is InChI=1S/C14H13F2N2S/c15-11-6-10(7-12(16)8-11)9-17-14(19)18-13-4-2-1-3-5-13/h1-2,4-8H,3,9H2,(H2,17,18,19). The van der Waals surface area contributed by atoms with Crippen molar-refractivity contribution < 1.29 is 8.78 Å². The van der Waals surface area contributed by atoms with E-state index in [4.69, 9.17) is 12.2 Å². The third kappa shape index (κ3) is 4.44. The van der Waals surface area contributed by atoms with E-state index in [0.29, 0.717) is 10.7 Å². The van der Waals surface area contributed by atoms with Gasteiger partial charge < -0.3 is 10.6 Å². The fourth-order valence-corrected chi connectivity index (χ4v) is 1.87. The molecule has 19 heavy (non-hydrogen) atoms. The van der Waals surface area contributed by atoms with Gasteiger partial charge in [-0.2, -0.15) is 0 Å². The minimum Gasteiger partial charge on any atom is -0.358 e. The number of nitrogens with one attached hydrogen (secondary N) is 2. The fraction of sp³-hybridized carbons (Fsp3) is 0.143. The van der Waals surface area contributed by atoms with E-state index in [-0.39, 0.29) is 6.54 Å². The van der Waals surface area contributed by atoms with Crippen molar-refractivity contribution in [2.75, 3.05) is 0 Å². The molecule has 0 atom stereocenters. The van der Waals surface area contributed by atoms with E-state index >= 15 is 0 Å². The Balaban J connectivity index is 1.86. The largest absolute Gasteiger partial charge is 0.358 e. The van der Waals surface area contributed by atoms with Gasteiger partial charge in [0.15, 0.2) is 5.11 Å². The molecule has 0 aliphatic heterocycles. The molecule has 0 aromatic heterocycles. The highest BCUT2D eigenvalue weighted by Crippen LogP contribution is 2.08. The van der Waals surface area contributed by atoms with Crippen LogP contribution in [0.2, 0.25) is 0 Å². The monoisotopic (exact) mass is 279 g/mol. The summed E-state index contributed by atoms with van der Waals surface area (Å²) in [6.07, 6.45) is 8.72. The molecule has 0 unspecified atom stereocenters. The second-order valence-electron chi connectivity index (χ2n) is 4.08. The summed E-state index contributed by atoms with van der Waals surface area (Å²) < 4.78 is 26.0. The summed E-state index contributed by atoms with van der Waals surface area (Å²) in [6, 6.07) is 3.38. The maximum absolute atomic E-state index is 13.0. The summed E-state index contributed by atoms with van der Waals surface area (Å²) >= 11 is 5.11. The van der Waals surface area contributed by atoms with Crippen LogP contribution in [0, 0.1) is 18.1 Å². The van der Waals surface area contributed by atoms with Crippen LogP contribution in [0.5, 0.6) is 0 Å². The zero-order chi connectivity index (χ0) is 13.7. The molecule has 99 valence electrons. The van der Waals surface area contributed by atoms with Crippen LogP contribution in [0.3, 0.4) is 0 Å². The molecule has 0 fully saturated rings. The first-order valence-electron chi connectivity index (χ1n) is 5.83. The van der Waals surface area contributed by atoms with Crippen LogP contribution in [0.4, 0.5) is 8.78 Å². The normalized spacial score (nSPS) is 13.9. The molecule has 0 heterocycles. The summed E-state index contributed by atoms with van der Waals surface area (Å²) in [7, 11) is 0. The Morgan fingerprint density at radius 1 is 1.21 bits per heavy atom. The zero-order valence-electron chi connectivity index (χ0n) is 10.1. The van der Waals surface area contributed by atoms with Gasteiger partial charge >= 0.3 is 0 Å². The molecule has 5 heteroatoms. The number of thiocarbonyl (C=S) groups is 1. The second kappa shape index (κ2) is 6.43. The lowest BCUT2D eigenvalue weighted by atomic mass is 10.1. The minimum absolute atomic E-state index is 0.267. The molecule has 0 saturated carbocycles. The van der Waals surface area contributed by atoms with Crippen LogP contribution in [-0.4, -0.2) is 5.11 Å². The summed E-state index contributed by atoms with van der Waals surface area (Å²) in [5, 5.41) is 6.33. The number of hydrogen-bond donors (Lipinski definition) is 2. The average molecular weight is 279 g/mol. The molecule has 1 radical (unpaired) electrons. The highest BCUT2D eigenvalue weighted by Gasteiger charge is 2.03. The molecule has 1 aromatic rings. The predicted molar refractivity (Wildman–Crippen MR) is 75.1 cm³/mol. The second-order valence-corrected chi connectivity index (χ2v) is 4.48. The van der Waals surface area contributed by atoms with Crippen LogP contribution >= 0.6 is 12.2 Å². The highest BCUT2D eigenvalue weighted by molar-refractivity contribution is 7.80. The predicted octanol–water partition coefficient (Wildman–Crippen LogP) is 2.98. The average Bonchev–Trinajstić information content (AvgIpc) is 2.36. The maximum atomic E-state index is 13.0. The zero-order valence-corrected chi connectivity index (χ0v) is 10.9. The third-order valence-electron chi connectivity index (χ3n) is 2.52. The highest BCUT2D eigenvalue weighted by atomic mass is 32.1. The van der Waals surface area contributed by atoms with E-state index in [0.717, 1.165) is 18.2 Å². The Morgan fingerprint density at radius 2 is 1.95 bits per heavy atom. The lowest BCUT2D eigenvalue weighted by Crippen LogP contribution is -2.34. The van der Waals surface area contributed by atoms with Crippen molar-refractivity contribution >= 4 is 17.3 Å². The lowest BCUT2D eigenvalue weighted by Gasteiger charge is -2.13. The van der Waals surface area contributed by atoms with Crippen LogP contribution in [-0.2, 0) is 6.54 Å². The van der Waals surface area contributed by atoms with E-state index in [1.807, 2.05) is 24.6 Å². The van der Waals surface area contributed by atoms with E-state index in [9.17, 15) is 8.78 Å². The molecule has 0 bridgehead atoms. The first-order chi connectivity index (χ1) is 9.13. The Kier molecular flexibility index (Phi) is 4.63. The van der Waals surface area contributed by atoms with Gasteiger partial charge in [-0.3, -0.25) is 0 Å². The van der Waals surface area contributed by atoms with Gasteiger partial charge in [0.2, 0.25) is 0 Å². The molecular formula is C14H13F2N2S. The van der Waals surface area contributed by atoms with Gasteiger partial charge in [0.25, 0.3) is 0 Å². The van der Waals surface area contributed by atoms with Crippen LogP contribution < -0.4 is 10.6 Å². The van der Waals surface area contributed by atoms with Crippen molar-refractivity contribution in [1.82, 2.24) is 10.6 Å². The Labute approximate surface area is 116 Å². The molecule has 0 spiro atoms. The third-order valence-corrected chi connectivity index (χ3v) is 2.77. The van der Waals surface area contributed by atoms with Crippen molar-refractivity contribution in [1.29, 1.82) is 0 Å². The SMILES string of the molecule is Fc1cc(F)cc(CNC(=S)NC2=CC[CH]C=C2)c1. The van der Waals surface area contributed by atoms with Crippen molar-refractivity contribution in [2.45, 2.75) is 13.0 Å². The van der Waals surface area contributed by atoms with Gasteiger partial charge in [0, 0.05) is 18.3 Å². The first-order valence-corrected chi connectivity index (χ1v) is 6.24. The molecule has 2 N–H and O–H groups in total. The van der Waals surface area contributed by atoms with Gasteiger partial charge in [0.05, 0.1) is 0 Å². The Morgan fingerprint density at radius 3 is 2.58 bits per heavy atom. The summed E-state index contributed by atoms with van der Waals surface area (Å²) in [6.45, 7) is 0.267. The first kappa shape index (κ1) is 13.7. The summed E-state index contributed by atoms with van der Waals surface area (Å²) in [5.41, 5.74) is 1.41. The Bertz CT molecular complexity index is 518. The smallest absolute Gasteiger partial charge is 0.171 e. The van der Waals surface area contributed by atoms with Gasteiger partial charge in [0.1, 0.15) is 11.6 Å². The van der Waals surface area contributed by atoms with E-state index in [2.05, 4.69) is 10.6 Å². The molecule has 1 aliphatic carbocycles. The van der Waals surface area contributed by atoms with Crippen LogP contribution in [0.1, 0.15) is 12.0 Å². The molecule has 2 nitrogen and oxygen atoms in total. The van der Waals surface area contributed by atoms with Gasteiger partial charge in [-0.25, -0.2) is 8.78 Å². The number of allylic oxidation sites excluding steroid dienone is 3. The summed E-state index contributed by atoms with van der Waals surface area (Å²) in [5.74, 6) is -1.19. The van der Waals surface area contributed by atoms with E-state index in [1.54, 1.807) is 0 Å². The van der Waals surface area contributed by atoms with Crippen molar-refractivity contribution in [3.8, 4) is 0 Å². The van der Waals surface area contributed by atoms with E-state index < -0.39 is 11.6 Å². The van der Waals surface area contributed by atoms with Crippen molar-refractivity contribution in [2.24, 2.45) is 0 Å². The minimum atomic E-state index is -0.593. The van der Waals surface area contributed by atoms with Crippen LogP contribution in [0.25, 0.3) is 0 Å². The van der Waals surface area contributed by atoms with Gasteiger partial charge in [-0.1, -0.05) is 12.2 Å². The number of halogens is 2. The molecule has 0 saturated heterocycles. The number of rotatable bonds is 3. The molecule has 2 rings (SSSR count). The van der Waals surface area contributed by atoms with E-state index in [1.165, 1.54) is 12.1 Å².